The van der Waals surface area contributed by atoms with E-state index in [-0.39, 0.29) is 5.41 Å². The molecule has 2 aromatic carbocycles. The highest BCUT2D eigenvalue weighted by Gasteiger charge is 2.40. The molecule has 0 aromatic heterocycles. The van der Waals surface area contributed by atoms with Crippen LogP contribution in [0.5, 0.6) is 0 Å². The van der Waals surface area contributed by atoms with E-state index in [0.29, 0.717) is 6.42 Å². The molecule has 0 fully saturated rings. The Balaban J connectivity index is 2.08. The van der Waals surface area contributed by atoms with Crippen molar-refractivity contribution in [1.29, 1.82) is 0 Å². The fourth-order valence-electron chi connectivity index (χ4n) is 3.03. The lowest BCUT2D eigenvalue weighted by Gasteiger charge is -2.40. The van der Waals surface area contributed by atoms with Gasteiger partial charge >= 0.3 is 0 Å². The molecular weight excluding hydrogens is 336 g/mol. The van der Waals surface area contributed by atoms with Crippen LogP contribution in [0.4, 0.5) is 0 Å². The average molecular weight is 355 g/mol. The standard InChI is InChI=1S/C20H19BrO/c1-19(2)12-13-20(22,11-10-15-6-4-3-5-7-15)17-9-8-16(21)14-18(17)19/h3-9,14,22H,12-13H2,1-2H3/t20-/m0/s1. The molecule has 0 saturated heterocycles. The van der Waals surface area contributed by atoms with Gasteiger partial charge in [-0.2, -0.15) is 0 Å². The Morgan fingerprint density at radius 2 is 1.73 bits per heavy atom. The van der Waals surface area contributed by atoms with Crippen LogP contribution in [0.1, 0.15) is 43.4 Å². The van der Waals surface area contributed by atoms with Gasteiger partial charge in [0.2, 0.25) is 0 Å². The zero-order valence-electron chi connectivity index (χ0n) is 12.9. The van der Waals surface area contributed by atoms with E-state index in [2.05, 4.69) is 47.7 Å². The minimum absolute atomic E-state index is 0.0553. The molecule has 1 atom stereocenters. The first kappa shape index (κ1) is 15.3. The molecule has 1 aliphatic carbocycles. The maximum absolute atomic E-state index is 11.1. The molecule has 1 aliphatic rings. The average Bonchev–Trinajstić information content (AvgIpc) is 2.51. The summed E-state index contributed by atoms with van der Waals surface area (Å²) in [7, 11) is 0. The van der Waals surface area contributed by atoms with Gasteiger partial charge in [0.1, 0.15) is 0 Å². The van der Waals surface area contributed by atoms with E-state index >= 15 is 0 Å². The smallest absolute Gasteiger partial charge is 0.151 e. The van der Waals surface area contributed by atoms with Crippen LogP contribution >= 0.6 is 15.9 Å². The molecule has 1 nitrogen and oxygen atoms in total. The maximum Gasteiger partial charge on any atom is 0.151 e. The van der Waals surface area contributed by atoms with Gasteiger partial charge in [-0.05, 0) is 53.6 Å². The minimum atomic E-state index is -1.07. The Hall–Kier alpha value is -1.56. The molecule has 0 heterocycles. The third-order valence-corrected chi connectivity index (χ3v) is 4.95. The molecule has 3 rings (SSSR count). The predicted octanol–water partition coefficient (Wildman–Crippen LogP) is 4.76. The minimum Gasteiger partial charge on any atom is -0.373 e. The molecule has 0 saturated carbocycles. The number of hydrogen-bond donors (Lipinski definition) is 1. The van der Waals surface area contributed by atoms with Crippen LogP contribution in [0, 0.1) is 11.8 Å². The third-order valence-electron chi connectivity index (χ3n) is 4.46. The maximum atomic E-state index is 11.1. The quantitative estimate of drug-likeness (QED) is 0.676. The molecule has 0 bridgehead atoms. The van der Waals surface area contributed by atoms with Crippen LogP contribution in [0.3, 0.4) is 0 Å². The summed E-state index contributed by atoms with van der Waals surface area (Å²) in [5.41, 5.74) is 2.04. The lowest BCUT2D eigenvalue weighted by atomic mass is 9.67. The summed E-state index contributed by atoms with van der Waals surface area (Å²) in [5.74, 6) is 6.24. The molecular formula is C20H19BrO. The van der Waals surface area contributed by atoms with Crippen molar-refractivity contribution in [2.24, 2.45) is 0 Å². The predicted molar refractivity (Wildman–Crippen MR) is 93.6 cm³/mol. The molecule has 0 unspecified atom stereocenters. The number of benzene rings is 2. The highest BCUT2D eigenvalue weighted by atomic mass is 79.9. The number of aliphatic hydroxyl groups is 1. The molecule has 112 valence electrons. The van der Waals surface area contributed by atoms with Crippen molar-refractivity contribution in [3.05, 3.63) is 69.7 Å². The second kappa shape index (κ2) is 5.57. The summed E-state index contributed by atoms with van der Waals surface area (Å²) >= 11 is 3.54. The third kappa shape index (κ3) is 2.84. The van der Waals surface area contributed by atoms with E-state index < -0.39 is 5.60 Å². The second-order valence-corrected chi connectivity index (χ2v) is 7.47. The van der Waals surface area contributed by atoms with E-state index in [4.69, 9.17) is 0 Å². The summed E-state index contributed by atoms with van der Waals surface area (Å²) < 4.78 is 1.04. The molecule has 2 heteroatoms. The van der Waals surface area contributed by atoms with Gasteiger partial charge in [0, 0.05) is 10.0 Å². The lowest BCUT2D eigenvalue weighted by Crippen LogP contribution is -2.36. The normalized spacial score (nSPS) is 22.4. The lowest BCUT2D eigenvalue weighted by molar-refractivity contribution is 0.0675. The van der Waals surface area contributed by atoms with E-state index in [0.717, 1.165) is 22.0 Å². The summed E-state index contributed by atoms with van der Waals surface area (Å²) in [5, 5.41) is 11.1. The Bertz CT molecular complexity index is 752. The van der Waals surface area contributed by atoms with Crippen molar-refractivity contribution in [2.75, 3.05) is 0 Å². The summed E-state index contributed by atoms with van der Waals surface area (Å²) in [6.07, 6.45) is 1.57. The summed E-state index contributed by atoms with van der Waals surface area (Å²) in [4.78, 5) is 0. The number of hydrogen-bond acceptors (Lipinski definition) is 1. The second-order valence-electron chi connectivity index (χ2n) is 6.55. The molecule has 0 radical (unpaired) electrons. The number of halogens is 1. The zero-order chi connectivity index (χ0) is 15.8. The summed E-state index contributed by atoms with van der Waals surface area (Å²) in [6.45, 7) is 4.45. The van der Waals surface area contributed by atoms with Gasteiger partial charge in [0.25, 0.3) is 0 Å². The SMILES string of the molecule is CC1(C)CC[C@@](O)(C#Cc2ccccc2)c2ccc(Br)cc21. The molecule has 22 heavy (non-hydrogen) atoms. The van der Waals surface area contributed by atoms with Crippen molar-refractivity contribution in [1.82, 2.24) is 0 Å². The Morgan fingerprint density at radius 1 is 1.00 bits per heavy atom. The Labute approximate surface area is 140 Å². The first-order chi connectivity index (χ1) is 10.4. The molecule has 0 amide bonds. The van der Waals surface area contributed by atoms with Crippen LogP contribution in [-0.4, -0.2) is 5.11 Å². The van der Waals surface area contributed by atoms with Gasteiger partial charge in [-0.15, -0.1) is 0 Å². The van der Waals surface area contributed by atoms with Crippen LogP contribution in [0.25, 0.3) is 0 Å². The first-order valence-corrected chi connectivity index (χ1v) is 8.31. The van der Waals surface area contributed by atoms with Gasteiger partial charge in [-0.1, -0.05) is 65.9 Å². The van der Waals surface area contributed by atoms with Gasteiger partial charge in [-0.3, -0.25) is 0 Å². The fraction of sp³-hybridized carbons (Fsp3) is 0.300. The first-order valence-electron chi connectivity index (χ1n) is 7.52. The van der Waals surface area contributed by atoms with Crippen molar-refractivity contribution in [3.8, 4) is 11.8 Å². The van der Waals surface area contributed by atoms with E-state index in [9.17, 15) is 5.11 Å². The van der Waals surface area contributed by atoms with Gasteiger partial charge in [0.05, 0.1) is 0 Å². The van der Waals surface area contributed by atoms with Gasteiger partial charge < -0.3 is 5.11 Å². The van der Waals surface area contributed by atoms with E-state index in [1.165, 1.54) is 5.56 Å². The van der Waals surface area contributed by atoms with Crippen molar-refractivity contribution < 1.29 is 5.11 Å². The monoisotopic (exact) mass is 354 g/mol. The Morgan fingerprint density at radius 3 is 2.45 bits per heavy atom. The fourth-order valence-corrected chi connectivity index (χ4v) is 3.39. The van der Waals surface area contributed by atoms with Crippen LogP contribution in [-0.2, 0) is 11.0 Å². The highest BCUT2D eigenvalue weighted by molar-refractivity contribution is 9.10. The van der Waals surface area contributed by atoms with Gasteiger partial charge in [0.15, 0.2) is 5.60 Å². The van der Waals surface area contributed by atoms with Crippen molar-refractivity contribution in [2.45, 2.75) is 37.7 Å². The number of rotatable bonds is 0. The van der Waals surface area contributed by atoms with Crippen LogP contribution < -0.4 is 0 Å². The largest absolute Gasteiger partial charge is 0.373 e. The molecule has 0 spiro atoms. The summed E-state index contributed by atoms with van der Waals surface area (Å²) in [6, 6.07) is 15.9. The molecule has 0 aliphatic heterocycles. The van der Waals surface area contributed by atoms with Crippen LogP contribution in [0.15, 0.2) is 53.0 Å². The molecule has 2 aromatic rings. The van der Waals surface area contributed by atoms with Crippen molar-refractivity contribution in [3.63, 3.8) is 0 Å². The van der Waals surface area contributed by atoms with Crippen LogP contribution in [0.2, 0.25) is 0 Å². The van der Waals surface area contributed by atoms with E-state index in [1.54, 1.807) is 0 Å². The topological polar surface area (TPSA) is 20.2 Å². The van der Waals surface area contributed by atoms with Crippen molar-refractivity contribution >= 4 is 15.9 Å². The molecule has 1 N–H and O–H groups in total. The highest BCUT2D eigenvalue weighted by Crippen LogP contribution is 2.45. The Kier molecular flexibility index (Phi) is 3.89. The van der Waals surface area contributed by atoms with E-state index in [1.807, 2.05) is 42.5 Å². The van der Waals surface area contributed by atoms with Gasteiger partial charge in [-0.25, -0.2) is 0 Å². The number of fused-ring (bicyclic) bond motifs is 1. The zero-order valence-corrected chi connectivity index (χ0v) is 14.4.